The number of nitrogens with one attached hydrogen (secondary N) is 4. The first-order valence-corrected chi connectivity index (χ1v) is 18.8. The van der Waals surface area contributed by atoms with E-state index < -0.39 is 53.7 Å². The molecule has 4 N–H and O–H groups in total. The Morgan fingerprint density at radius 1 is 0.906 bits per heavy atom. The lowest BCUT2D eigenvalue weighted by Gasteiger charge is -2.29. The number of aromatic nitrogens is 1. The average Bonchev–Trinajstić information content (AvgIpc) is 3.61. The summed E-state index contributed by atoms with van der Waals surface area (Å²) in [6, 6.07) is 12.0. The predicted octanol–water partition coefficient (Wildman–Crippen LogP) is 2.86. The summed E-state index contributed by atoms with van der Waals surface area (Å²) in [6.45, 7) is 10.5. The molecule has 2 aromatic carbocycles. The van der Waals surface area contributed by atoms with Crippen molar-refractivity contribution in [3.8, 4) is 0 Å². The number of aryl methyl sites for hydroxylation is 3. The van der Waals surface area contributed by atoms with Crippen LogP contribution in [0.5, 0.6) is 0 Å². The highest BCUT2D eigenvalue weighted by atomic mass is 32.1. The molecule has 0 fully saturated rings. The molecule has 4 atom stereocenters. The van der Waals surface area contributed by atoms with E-state index in [1.54, 1.807) is 33.2 Å². The molecule has 1 aliphatic heterocycles. The summed E-state index contributed by atoms with van der Waals surface area (Å²) in [5.74, 6) is -3.16. The van der Waals surface area contributed by atoms with Crippen molar-refractivity contribution >= 4 is 46.8 Å². The number of hydrogen-bond acceptors (Lipinski definition) is 8. The molecular formula is C39H51N7O6S. The largest absolute Gasteiger partial charge is 0.345 e. The molecular weight excluding hydrogens is 695 g/mol. The normalized spacial score (nSPS) is 21.3. The zero-order valence-corrected chi connectivity index (χ0v) is 32.3. The molecule has 14 heteroatoms. The van der Waals surface area contributed by atoms with Crippen LogP contribution in [0.2, 0.25) is 0 Å². The molecule has 6 amide bonds. The van der Waals surface area contributed by atoms with E-state index in [0.717, 1.165) is 22.3 Å². The number of benzene rings is 2. The second-order valence-corrected chi connectivity index (χ2v) is 14.9. The van der Waals surface area contributed by atoms with Gasteiger partial charge in [-0.05, 0) is 63.1 Å². The second kappa shape index (κ2) is 18.6. The van der Waals surface area contributed by atoms with Gasteiger partial charge in [0.1, 0.15) is 28.8 Å². The summed E-state index contributed by atoms with van der Waals surface area (Å²) >= 11 is 1.19. The van der Waals surface area contributed by atoms with Crippen LogP contribution in [0.4, 0.5) is 0 Å². The topological polar surface area (TPSA) is 170 Å². The van der Waals surface area contributed by atoms with Crippen molar-refractivity contribution in [3.05, 3.63) is 86.9 Å². The van der Waals surface area contributed by atoms with Gasteiger partial charge in [-0.1, -0.05) is 67.9 Å². The molecule has 53 heavy (non-hydrogen) atoms. The van der Waals surface area contributed by atoms with Crippen molar-refractivity contribution < 1.29 is 28.8 Å². The van der Waals surface area contributed by atoms with Gasteiger partial charge in [-0.3, -0.25) is 28.8 Å². The molecule has 0 unspecified atom stereocenters. The van der Waals surface area contributed by atoms with Crippen LogP contribution in [0.1, 0.15) is 77.9 Å². The molecule has 1 aromatic heterocycles. The van der Waals surface area contributed by atoms with Crippen LogP contribution in [0.15, 0.2) is 53.9 Å². The van der Waals surface area contributed by atoms with Crippen LogP contribution < -0.4 is 21.3 Å². The number of likely N-dealkylation sites (N-methyl/N-ethyl adjacent to an activating group) is 1. The van der Waals surface area contributed by atoms with Gasteiger partial charge in [0, 0.05) is 31.9 Å². The van der Waals surface area contributed by atoms with E-state index in [2.05, 4.69) is 32.3 Å². The molecule has 0 saturated carbocycles. The van der Waals surface area contributed by atoms with Crippen LogP contribution in [-0.2, 0) is 36.8 Å². The highest BCUT2D eigenvalue weighted by molar-refractivity contribution is 7.09. The summed E-state index contributed by atoms with van der Waals surface area (Å²) in [6.07, 6.45) is 1.00. The van der Waals surface area contributed by atoms with Crippen LogP contribution in [0.25, 0.3) is 0 Å². The molecule has 4 rings (SSSR count). The Balaban J connectivity index is 1.65. The number of amides is 6. The van der Waals surface area contributed by atoms with Crippen LogP contribution >= 0.6 is 11.3 Å². The third kappa shape index (κ3) is 11.4. The van der Waals surface area contributed by atoms with Gasteiger partial charge in [-0.25, -0.2) is 4.98 Å². The third-order valence-electron chi connectivity index (χ3n) is 9.26. The lowest BCUT2D eigenvalue weighted by atomic mass is 10.0. The van der Waals surface area contributed by atoms with E-state index in [4.69, 9.17) is 0 Å². The second-order valence-electron chi connectivity index (χ2n) is 14.0. The Labute approximate surface area is 315 Å². The lowest BCUT2D eigenvalue weighted by Crippen LogP contribution is -2.57. The summed E-state index contributed by atoms with van der Waals surface area (Å²) in [4.78, 5) is 88.1. The number of nitrogens with zero attached hydrogens (tertiary/aromatic N) is 3. The Bertz CT molecular complexity index is 1800. The standard InChI is InChI=1S/C39H51N7O6S/c1-23(2)34-37(51)41-27(6)39(52)45(7)17-18-46(33(48)16-15-29-14-13-24(3)19-25(29)4)21-32(47)42-30(20-28-11-9-8-10-12-28)38-43-31(22-53-38)36(50)40-26(5)35(49)44-34/h8-14,19,22-23,26-27,30,34H,15-18,20-21H2,1-7H3,(H,40,50)(H,41,51)(H,42,47)(H,44,49)/t26-,27+,30-,34-/m0/s1. The average molecular weight is 746 g/mol. The molecule has 0 saturated heterocycles. The maximum Gasteiger partial charge on any atom is 0.271 e. The number of carbonyl (C=O) groups excluding carboxylic acids is 6. The number of fused-ring (bicyclic) bond motifs is 2. The van der Waals surface area contributed by atoms with Crippen molar-refractivity contribution in [2.45, 2.75) is 85.0 Å². The smallest absolute Gasteiger partial charge is 0.271 e. The highest BCUT2D eigenvalue weighted by Crippen LogP contribution is 2.23. The van der Waals surface area contributed by atoms with Crippen molar-refractivity contribution in [1.82, 2.24) is 36.1 Å². The fourth-order valence-electron chi connectivity index (χ4n) is 6.06. The molecule has 0 aliphatic carbocycles. The molecule has 2 bridgehead atoms. The lowest BCUT2D eigenvalue weighted by molar-refractivity contribution is -0.139. The maximum atomic E-state index is 13.8. The maximum absolute atomic E-state index is 13.8. The van der Waals surface area contributed by atoms with Gasteiger partial charge in [0.25, 0.3) is 5.91 Å². The number of hydrogen-bond donors (Lipinski definition) is 4. The third-order valence-corrected chi connectivity index (χ3v) is 10.2. The zero-order chi connectivity index (χ0) is 38.8. The first-order valence-electron chi connectivity index (χ1n) is 17.9. The number of thiazole rings is 1. The van der Waals surface area contributed by atoms with E-state index in [0.29, 0.717) is 17.8 Å². The van der Waals surface area contributed by atoms with Crippen molar-refractivity contribution in [3.63, 3.8) is 0 Å². The molecule has 3 aromatic rings. The summed E-state index contributed by atoms with van der Waals surface area (Å²) in [7, 11) is 1.57. The predicted molar refractivity (Wildman–Crippen MR) is 203 cm³/mol. The quantitative estimate of drug-likeness (QED) is 0.301. The zero-order valence-electron chi connectivity index (χ0n) is 31.5. The minimum atomic E-state index is -1.01. The minimum Gasteiger partial charge on any atom is -0.345 e. The summed E-state index contributed by atoms with van der Waals surface area (Å²) < 4.78 is 0. The highest BCUT2D eigenvalue weighted by Gasteiger charge is 2.31. The minimum absolute atomic E-state index is 0.0650. The molecule has 0 radical (unpaired) electrons. The Morgan fingerprint density at radius 2 is 1.62 bits per heavy atom. The van der Waals surface area contributed by atoms with Gasteiger partial charge < -0.3 is 31.1 Å². The Kier molecular flexibility index (Phi) is 14.3. The molecule has 0 spiro atoms. The summed E-state index contributed by atoms with van der Waals surface area (Å²) in [5, 5.41) is 13.1. The van der Waals surface area contributed by atoms with Crippen molar-refractivity contribution in [1.29, 1.82) is 0 Å². The molecule has 13 nitrogen and oxygen atoms in total. The van der Waals surface area contributed by atoms with E-state index in [-0.39, 0.29) is 43.6 Å². The van der Waals surface area contributed by atoms with Crippen LogP contribution in [0, 0.1) is 19.8 Å². The first kappa shape index (κ1) is 40.7. The molecule has 1 aliphatic rings. The SMILES string of the molecule is Cc1ccc(CCC(=O)N2CCN(C)C(=O)[C@@H](C)NC(=O)[C@H](C(C)C)NC(=O)[C@H](C)NC(=O)c3csc(n3)[C@H](Cc3ccccc3)NC(=O)C2)c(C)c1. The summed E-state index contributed by atoms with van der Waals surface area (Å²) in [5.41, 5.74) is 4.23. The van der Waals surface area contributed by atoms with Crippen LogP contribution in [-0.4, -0.2) is 95.0 Å². The van der Waals surface area contributed by atoms with E-state index in [1.165, 1.54) is 28.1 Å². The number of rotatable bonds is 6. The molecule has 284 valence electrons. The fraction of sp³-hybridized carbons (Fsp3) is 0.462. The van der Waals surface area contributed by atoms with Gasteiger partial charge in [0.05, 0.1) is 12.6 Å². The van der Waals surface area contributed by atoms with Gasteiger partial charge in [-0.15, -0.1) is 11.3 Å². The van der Waals surface area contributed by atoms with Gasteiger partial charge in [0.2, 0.25) is 29.5 Å². The number of carbonyl (C=O) groups is 6. The van der Waals surface area contributed by atoms with Gasteiger partial charge in [0.15, 0.2) is 0 Å². The Hall–Kier alpha value is -5.11. The first-order chi connectivity index (χ1) is 25.1. The monoisotopic (exact) mass is 745 g/mol. The fourth-order valence-corrected chi connectivity index (χ4v) is 6.91. The van der Waals surface area contributed by atoms with Crippen molar-refractivity contribution in [2.75, 3.05) is 26.7 Å². The van der Waals surface area contributed by atoms with E-state index in [9.17, 15) is 28.8 Å². The van der Waals surface area contributed by atoms with E-state index in [1.807, 2.05) is 56.3 Å². The van der Waals surface area contributed by atoms with E-state index >= 15 is 0 Å². The Morgan fingerprint density at radius 3 is 2.30 bits per heavy atom. The molecule has 2 heterocycles. The van der Waals surface area contributed by atoms with Gasteiger partial charge >= 0.3 is 0 Å². The van der Waals surface area contributed by atoms with Crippen molar-refractivity contribution in [2.24, 2.45) is 5.92 Å². The van der Waals surface area contributed by atoms with Gasteiger partial charge in [-0.2, -0.15) is 0 Å². The van der Waals surface area contributed by atoms with Crippen LogP contribution in [0.3, 0.4) is 0 Å².